The first-order valence-corrected chi connectivity index (χ1v) is 8.25. The van der Waals surface area contributed by atoms with Gasteiger partial charge < -0.3 is 5.32 Å². The normalized spacial score (nSPS) is 11.7. The van der Waals surface area contributed by atoms with Crippen molar-refractivity contribution in [2.75, 3.05) is 6.54 Å². The Morgan fingerprint density at radius 1 is 1.30 bits per heavy atom. The lowest BCUT2D eigenvalue weighted by molar-refractivity contribution is 0.0946. The highest BCUT2D eigenvalue weighted by Gasteiger charge is 2.15. The van der Waals surface area contributed by atoms with E-state index < -0.39 is 10.0 Å². The van der Waals surface area contributed by atoms with E-state index in [0.29, 0.717) is 23.6 Å². The minimum atomic E-state index is -3.81. The molecular formula is C14H22N2O3S. The van der Waals surface area contributed by atoms with Gasteiger partial charge in [-0.1, -0.05) is 32.8 Å². The zero-order chi connectivity index (χ0) is 15.3. The largest absolute Gasteiger partial charge is 0.352 e. The van der Waals surface area contributed by atoms with Gasteiger partial charge in [0.15, 0.2) is 0 Å². The van der Waals surface area contributed by atoms with Crippen molar-refractivity contribution in [2.24, 2.45) is 11.1 Å². The Balaban J connectivity index is 2.90. The van der Waals surface area contributed by atoms with Crippen LogP contribution >= 0.6 is 0 Å². The van der Waals surface area contributed by atoms with Crippen LogP contribution in [0, 0.1) is 12.8 Å². The van der Waals surface area contributed by atoms with Crippen molar-refractivity contribution in [1.82, 2.24) is 5.32 Å². The van der Waals surface area contributed by atoms with E-state index in [-0.39, 0.29) is 10.8 Å². The van der Waals surface area contributed by atoms with E-state index in [9.17, 15) is 13.2 Å². The fourth-order valence-corrected chi connectivity index (χ4v) is 2.77. The summed E-state index contributed by atoms with van der Waals surface area (Å²) in [6, 6.07) is 4.52. The van der Waals surface area contributed by atoms with Crippen molar-refractivity contribution < 1.29 is 13.2 Å². The molecule has 0 atom stereocenters. The lowest BCUT2D eigenvalue weighted by Crippen LogP contribution is -2.29. The third-order valence-electron chi connectivity index (χ3n) is 3.46. The van der Waals surface area contributed by atoms with E-state index in [1.54, 1.807) is 19.1 Å². The van der Waals surface area contributed by atoms with Crippen LogP contribution < -0.4 is 10.5 Å². The Morgan fingerprint density at radius 3 is 2.40 bits per heavy atom. The summed E-state index contributed by atoms with van der Waals surface area (Å²) in [7, 11) is -3.81. The summed E-state index contributed by atoms with van der Waals surface area (Å²) in [6.07, 6.45) is 1.99. The number of primary sulfonamides is 1. The molecule has 0 aliphatic rings. The van der Waals surface area contributed by atoms with E-state index in [4.69, 9.17) is 5.14 Å². The van der Waals surface area contributed by atoms with Crippen LogP contribution in [-0.4, -0.2) is 20.9 Å². The molecule has 0 unspecified atom stereocenters. The number of sulfonamides is 1. The van der Waals surface area contributed by atoms with Crippen LogP contribution in [0.4, 0.5) is 0 Å². The van der Waals surface area contributed by atoms with Crippen molar-refractivity contribution >= 4 is 15.9 Å². The molecule has 0 heterocycles. The quantitative estimate of drug-likeness (QED) is 0.839. The molecule has 112 valence electrons. The fraction of sp³-hybridized carbons (Fsp3) is 0.500. The third-order valence-corrected chi connectivity index (χ3v) is 4.52. The molecule has 0 bridgehead atoms. The number of nitrogens with one attached hydrogen (secondary N) is 1. The Kier molecular flexibility index (Phi) is 5.71. The second kappa shape index (κ2) is 6.85. The second-order valence-electron chi connectivity index (χ2n) is 4.92. The molecule has 1 amide bonds. The summed E-state index contributed by atoms with van der Waals surface area (Å²) in [5, 5.41) is 7.96. The van der Waals surface area contributed by atoms with Gasteiger partial charge in [0.25, 0.3) is 5.91 Å². The summed E-state index contributed by atoms with van der Waals surface area (Å²) in [6.45, 7) is 6.38. The van der Waals surface area contributed by atoms with E-state index in [0.717, 1.165) is 12.8 Å². The molecule has 0 saturated carbocycles. The summed E-state index contributed by atoms with van der Waals surface area (Å²) in [4.78, 5) is 12.0. The van der Waals surface area contributed by atoms with Gasteiger partial charge in [0, 0.05) is 12.1 Å². The lowest BCUT2D eigenvalue weighted by atomic mass is 10.0. The minimum Gasteiger partial charge on any atom is -0.352 e. The highest BCUT2D eigenvalue weighted by Crippen LogP contribution is 2.16. The smallest absolute Gasteiger partial charge is 0.251 e. The fourth-order valence-electron chi connectivity index (χ4n) is 1.96. The number of benzene rings is 1. The van der Waals surface area contributed by atoms with Gasteiger partial charge in [-0.15, -0.1) is 0 Å². The van der Waals surface area contributed by atoms with E-state index >= 15 is 0 Å². The number of amides is 1. The van der Waals surface area contributed by atoms with Crippen molar-refractivity contribution in [2.45, 2.75) is 38.5 Å². The number of hydrogen-bond donors (Lipinski definition) is 2. The van der Waals surface area contributed by atoms with Crippen LogP contribution in [0.5, 0.6) is 0 Å². The molecule has 6 heteroatoms. The molecule has 0 spiro atoms. The zero-order valence-electron chi connectivity index (χ0n) is 12.1. The Morgan fingerprint density at radius 2 is 1.90 bits per heavy atom. The van der Waals surface area contributed by atoms with Crippen LogP contribution in [0.25, 0.3) is 0 Å². The first kappa shape index (κ1) is 16.7. The summed E-state index contributed by atoms with van der Waals surface area (Å²) >= 11 is 0. The Labute approximate surface area is 120 Å². The predicted octanol–water partition coefficient (Wildman–Crippen LogP) is 1.81. The first-order chi connectivity index (χ1) is 9.29. The molecule has 0 aliphatic heterocycles. The maximum Gasteiger partial charge on any atom is 0.251 e. The maximum atomic E-state index is 12.0. The Bertz CT molecular complexity index is 578. The lowest BCUT2D eigenvalue weighted by Gasteiger charge is -2.13. The van der Waals surface area contributed by atoms with Crippen LogP contribution in [0.2, 0.25) is 0 Å². The van der Waals surface area contributed by atoms with Crippen molar-refractivity contribution in [1.29, 1.82) is 0 Å². The van der Waals surface area contributed by atoms with Crippen molar-refractivity contribution in [3.63, 3.8) is 0 Å². The zero-order valence-corrected chi connectivity index (χ0v) is 13.0. The molecular weight excluding hydrogens is 276 g/mol. The molecule has 0 radical (unpaired) electrons. The van der Waals surface area contributed by atoms with E-state index in [1.807, 2.05) is 0 Å². The van der Waals surface area contributed by atoms with Crippen molar-refractivity contribution in [3.05, 3.63) is 29.3 Å². The molecule has 3 N–H and O–H groups in total. The predicted molar refractivity (Wildman–Crippen MR) is 79.0 cm³/mol. The van der Waals surface area contributed by atoms with Crippen LogP contribution in [0.3, 0.4) is 0 Å². The standard InChI is InChI=1S/C14H22N2O3S/c1-4-11(5-2)9-16-14(17)12-7-6-10(3)13(8-12)20(15,18)19/h6-8,11H,4-5,9H2,1-3H3,(H,16,17)(H2,15,18,19). The molecule has 5 nitrogen and oxygen atoms in total. The molecule has 0 aromatic heterocycles. The maximum absolute atomic E-state index is 12.0. The van der Waals surface area contributed by atoms with Gasteiger partial charge in [0.1, 0.15) is 0 Å². The van der Waals surface area contributed by atoms with Gasteiger partial charge in [-0.2, -0.15) is 0 Å². The highest BCUT2D eigenvalue weighted by atomic mass is 32.2. The molecule has 1 aromatic rings. The van der Waals surface area contributed by atoms with Gasteiger partial charge in [-0.05, 0) is 30.5 Å². The monoisotopic (exact) mass is 298 g/mol. The van der Waals surface area contributed by atoms with Gasteiger partial charge >= 0.3 is 0 Å². The van der Waals surface area contributed by atoms with Crippen LogP contribution in [-0.2, 0) is 10.0 Å². The molecule has 0 saturated heterocycles. The first-order valence-electron chi connectivity index (χ1n) is 6.71. The van der Waals surface area contributed by atoms with Gasteiger partial charge in [0.05, 0.1) is 4.90 Å². The van der Waals surface area contributed by atoms with Gasteiger partial charge in [-0.25, -0.2) is 13.6 Å². The SMILES string of the molecule is CCC(CC)CNC(=O)c1ccc(C)c(S(N)(=O)=O)c1. The number of carbonyl (C=O) groups is 1. The Hall–Kier alpha value is -1.40. The van der Waals surface area contributed by atoms with Gasteiger partial charge in [0.2, 0.25) is 10.0 Å². The minimum absolute atomic E-state index is 0.00677. The number of hydrogen-bond acceptors (Lipinski definition) is 3. The number of nitrogens with two attached hydrogens (primary N) is 1. The molecule has 20 heavy (non-hydrogen) atoms. The summed E-state index contributed by atoms with van der Waals surface area (Å²) in [5.41, 5.74) is 0.842. The number of carbonyl (C=O) groups excluding carboxylic acids is 1. The van der Waals surface area contributed by atoms with E-state index in [1.165, 1.54) is 6.07 Å². The van der Waals surface area contributed by atoms with Crippen LogP contribution in [0.1, 0.15) is 42.6 Å². The average Bonchev–Trinajstić information content (AvgIpc) is 2.38. The molecule has 1 aromatic carbocycles. The van der Waals surface area contributed by atoms with Gasteiger partial charge in [-0.3, -0.25) is 4.79 Å². The average molecular weight is 298 g/mol. The van der Waals surface area contributed by atoms with E-state index in [2.05, 4.69) is 19.2 Å². The summed E-state index contributed by atoms with van der Waals surface area (Å²) in [5.74, 6) is 0.156. The molecule has 0 fully saturated rings. The van der Waals surface area contributed by atoms with Crippen LogP contribution in [0.15, 0.2) is 23.1 Å². The second-order valence-corrected chi connectivity index (χ2v) is 6.45. The molecule has 0 aliphatic carbocycles. The number of aryl methyl sites for hydroxylation is 1. The summed E-state index contributed by atoms with van der Waals surface area (Å²) < 4.78 is 22.9. The number of rotatable bonds is 6. The topological polar surface area (TPSA) is 89.3 Å². The highest BCUT2D eigenvalue weighted by molar-refractivity contribution is 7.89. The van der Waals surface area contributed by atoms with Crippen molar-refractivity contribution in [3.8, 4) is 0 Å². The molecule has 1 rings (SSSR count). The third kappa shape index (κ3) is 4.31.